The Hall–Kier alpha value is -2.84. The Morgan fingerprint density at radius 3 is 2.67 bits per heavy atom. The maximum atomic E-state index is 13.0. The standard InChI is InChI=1S/C22H21BrN2O5/c1-24(2)8-9-25-19(13-4-3-5-15(23)10-13)18(21(27)22(25)28)20(26)14-6-7-16-17(11-14)30-12-29-16/h3-7,10-11,19,26H,8-9,12H2,1-2H3/b20-18+. The van der Waals surface area contributed by atoms with E-state index in [-0.39, 0.29) is 18.1 Å². The second kappa shape index (κ2) is 8.12. The number of likely N-dealkylation sites (N-methyl/N-ethyl adjacent to an activating group) is 1. The fourth-order valence-corrected chi connectivity index (χ4v) is 4.06. The first kappa shape index (κ1) is 20.4. The van der Waals surface area contributed by atoms with Crippen molar-refractivity contribution in [3.63, 3.8) is 0 Å². The van der Waals surface area contributed by atoms with Crippen LogP contribution >= 0.6 is 15.9 Å². The molecule has 4 rings (SSSR count). The fourth-order valence-electron chi connectivity index (χ4n) is 3.64. The molecule has 0 radical (unpaired) electrons. The lowest BCUT2D eigenvalue weighted by Gasteiger charge is -2.26. The highest BCUT2D eigenvalue weighted by atomic mass is 79.9. The summed E-state index contributed by atoms with van der Waals surface area (Å²) in [4.78, 5) is 29.3. The number of carbonyl (C=O) groups is 2. The number of hydrogen-bond donors (Lipinski definition) is 1. The van der Waals surface area contributed by atoms with E-state index in [0.29, 0.717) is 30.2 Å². The number of halogens is 1. The van der Waals surface area contributed by atoms with Gasteiger partial charge in [-0.05, 0) is 50.0 Å². The van der Waals surface area contributed by atoms with Gasteiger partial charge in [0.15, 0.2) is 11.5 Å². The van der Waals surface area contributed by atoms with Crippen LogP contribution in [0.15, 0.2) is 52.5 Å². The zero-order valence-corrected chi connectivity index (χ0v) is 18.2. The van der Waals surface area contributed by atoms with Gasteiger partial charge < -0.3 is 24.4 Å². The van der Waals surface area contributed by atoms with Crippen molar-refractivity contribution in [1.82, 2.24) is 9.80 Å². The van der Waals surface area contributed by atoms with E-state index in [1.54, 1.807) is 18.2 Å². The van der Waals surface area contributed by atoms with E-state index in [1.165, 1.54) is 4.90 Å². The molecule has 0 saturated carbocycles. The third-order valence-electron chi connectivity index (χ3n) is 5.14. The topological polar surface area (TPSA) is 79.3 Å². The van der Waals surface area contributed by atoms with Gasteiger partial charge in [0.25, 0.3) is 11.7 Å². The Labute approximate surface area is 182 Å². The quantitative estimate of drug-likeness (QED) is 0.409. The van der Waals surface area contributed by atoms with E-state index in [4.69, 9.17) is 9.47 Å². The zero-order valence-electron chi connectivity index (χ0n) is 16.6. The predicted molar refractivity (Wildman–Crippen MR) is 114 cm³/mol. The minimum absolute atomic E-state index is 0.0655. The molecule has 1 amide bonds. The van der Waals surface area contributed by atoms with Gasteiger partial charge in [-0.3, -0.25) is 9.59 Å². The van der Waals surface area contributed by atoms with E-state index < -0.39 is 17.7 Å². The first-order valence-electron chi connectivity index (χ1n) is 9.45. The molecular formula is C22H21BrN2O5. The fraction of sp³-hybridized carbons (Fsp3) is 0.273. The highest BCUT2D eigenvalue weighted by Gasteiger charge is 2.46. The smallest absolute Gasteiger partial charge is 0.295 e. The van der Waals surface area contributed by atoms with Crippen LogP contribution in [0.3, 0.4) is 0 Å². The van der Waals surface area contributed by atoms with Gasteiger partial charge in [-0.2, -0.15) is 0 Å². The van der Waals surface area contributed by atoms with Gasteiger partial charge in [-0.15, -0.1) is 0 Å². The summed E-state index contributed by atoms with van der Waals surface area (Å²) in [5.74, 6) is -0.497. The van der Waals surface area contributed by atoms with Crippen molar-refractivity contribution in [1.29, 1.82) is 0 Å². The third-order valence-corrected chi connectivity index (χ3v) is 5.63. The predicted octanol–water partition coefficient (Wildman–Crippen LogP) is 3.16. The highest BCUT2D eigenvalue weighted by molar-refractivity contribution is 9.10. The largest absolute Gasteiger partial charge is 0.507 e. The minimum atomic E-state index is -0.700. The van der Waals surface area contributed by atoms with Crippen LogP contribution in [0.2, 0.25) is 0 Å². The van der Waals surface area contributed by atoms with Crippen molar-refractivity contribution < 1.29 is 24.2 Å². The Kier molecular flexibility index (Phi) is 5.53. The van der Waals surface area contributed by atoms with Gasteiger partial charge in [-0.25, -0.2) is 0 Å². The van der Waals surface area contributed by atoms with Crippen molar-refractivity contribution in [2.45, 2.75) is 6.04 Å². The molecule has 2 aliphatic rings. The minimum Gasteiger partial charge on any atom is -0.507 e. The number of hydrogen-bond acceptors (Lipinski definition) is 6. The molecule has 1 atom stereocenters. The number of nitrogens with zero attached hydrogens (tertiary/aromatic N) is 2. The molecule has 0 aliphatic carbocycles. The van der Waals surface area contributed by atoms with Crippen LogP contribution in [0.4, 0.5) is 0 Å². The number of rotatable bonds is 5. The van der Waals surface area contributed by atoms with Crippen LogP contribution in [0.1, 0.15) is 17.2 Å². The molecular weight excluding hydrogens is 452 g/mol. The summed E-state index contributed by atoms with van der Waals surface area (Å²) in [5, 5.41) is 11.1. The molecule has 2 aliphatic heterocycles. The summed E-state index contributed by atoms with van der Waals surface area (Å²) in [5.41, 5.74) is 1.20. The molecule has 1 N–H and O–H groups in total. The SMILES string of the molecule is CN(C)CCN1C(=O)C(=O)/C(=C(/O)c2ccc3c(c2)OCO3)C1c1cccc(Br)c1. The van der Waals surface area contributed by atoms with Crippen molar-refractivity contribution in [2.24, 2.45) is 0 Å². The molecule has 2 aromatic carbocycles. The van der Waals surface area contributed by atoms with Gasteiger partial charge in [-0.1, -0.05) is 28.1 Å². The van der Waals surface area contributed by atoms with E-state index in [1.807, 2.05) is 43.3 Å². The van der Waals surface area contributed by atoms with Crippen molar-refractivity contribution in [2.75, 3.05) is 34.0 Å². The van der Waals surface area contributed by atoms with Crippen LogP contribution in [0.5, 0.6) is 11.5 Å². The maximum absolute atomic E-state index is 13.0. The molecule has 8 heteroatoms. The van der Waals surface area contributed by atoms with Gasteiger partial charge in [0.05, 0.1) is 11.6 Å². The monoisotopic (exact) mass is 472 g/mol. The van der Waals surface area contributed by atoms with Crippen molar-refractivity contribution in [3.8, 4) is 11.5 Å². The Morgan fingerprint density at radius 1 is 1.17 bits per heavy atom. The lowest BCUT2D eigenvalue weighted by molar-refractivity contribution is -0.140. The van der Waals surface area contributed by atoms with Crippen LogP contribution < -0.4 is 9.47 Å². The molecule has 1 unspecified atom stereocenters. The highest BCUT2D eigenvalue weighted by Crippen LogP contribution is 2.41. The first-order chi connectivity index (χ1) is 14.4. The number of benzene rings is 2. The van der Waals surface area contributed by atoms with E-state index in [2.05, 4.69) is 15.9 Å². The van der Waals surface area contributed by atoms with Gasteiger partial charge in [0.1, 0.15) is 5.76 Å². The van der Waals surface area contributed by atoms with Crippen molar-refractivity contribution in [3.05, 3.63) is 63.6 Å². The second-order valence-electron chi connectivity index (χ2n) is 7.42. The summed E-state index contributed by atoms with van der Waals surface area (Å²) < 4.78 is 11.5. The van der Waals surface area contributed by atoms with Crippen LogP contribution in [0, 0.1) is 0 Å². The second-order valence-corrected chi connectivity index (χ2v) is 8.33. The number of Topliss-reactive ketones (excluding diaryl/α,β-unsaturated/α-hetero) is 1. The number of carbonyl (C=O) groups excluding carboxylic acids is 2. The van der Waals surface area contributed by atoms with Crippen LogP contribution in [-0.2, 0) is 9.59 Å². The Bertz CT molecular complexity index is 1050. The molecule has 156 valence electrons. The van der Waals surface area contributed by atoms with Crippen LogP contribution in [0.25, 0.3) is 5.76 Å². The third kappa shape index (κ3) is 3.68. The lowest BCUT2D eigenvalue weighted by Crippen LogP contribution is -2.35. The molecule has 0 spiro atoms. The number of aliphatic hydroxyl groups excluding tert-OH is 1. The molecule has 30 heavy (non-hydrogen) atoms. The normalized spacial score (nSPS) is 19.7. The molecule has 0 bridgehead atoms. The number of fused-ring (bicyclic) bond motifs is 1. The first-order valence-corrected chi connectivity index (χ1v) is 10.2. The number of amides is 1. The summed E-state index contributed by atoms with van der Waals surface area (Å²) in [6, 6.07) is 11.7. The molecule has 7 nitrogen and oxygen atoms in total. The molecule has 2 aromatic rings. The molecule has 2 heterocycles. The lowest BCUT2D eigenvalue weighted by atomic mass is 9.95. The van der Waals surface area contributed by atoms with Crippen LogP contribution in [-0.4, -0.2) is 60.6 Å². The van der Waals surface area contributed by atoms with Crippen molar-refractivity contribution >= 4 is 33.4 Å². The summed E-state index contributed by atoms with van der Waals surface area (Å²) in [6.07, 6.45) is 0. The average molecular weight is 473 g/mol. The van der Waals surface area contributed by atoms with E-state index in [9.17, 15) is 14.7 Å². The number of ketones is 1. The Balaban J connectivity index is 1.83. The van der Waals surface area contributed by atoms with Gasteiger partial charge in [0, 0.05) is 23.1 Å². The molecule has 0 aromatic heterocycles. The van der Waals surface area contributed by atoms with E-state index >= 15 is 0 Å². The van der Waals surface area contributed by atoms with Gasteiger partial charge >= 0.3 is 0 Å². The summed E-state index contributed by atoms with van der Waals surface area (Å²) >= 11 is 3.45. The zero-order chi connectivity index (χ0) is 21.4. The molecule has 1 fully saturated rings. The molecule has 1 saturated heterocycles. The number of aliphatic hydroxyl groups is 1. The van der Waals surface area contributed by atoms with Gasteiger partial charge in [0.2, 0.25) is 6.79 Å². The summed E-state index contributed by atoms with van der Waals surface area (Å²) in [6.45, 7) is 1.04. The average Bonchev–Trinajstić information content (AvgIpc) is 3.28. The maximum Gasteiger partial charge on any atom is 0.295 e. The number of likely N-dealkylation sites (tertiary alicyclic amines) is 1. The Morgan fingerprint density at radius 2 is 1.93 bits per heavy atom. The summed E-state index contributed by atoms with van der Waals surface area (Å²) in [7, 11) is 3.80. The van der Waals surface area contributed by atoms with E-state index in [0.717, 1.165) is 10.0 Å². The number of ether oxygens (including phenoxy) is 2.